The van der Waals surface area contributed by atoms with Crippen LogP contribution in [0.1, 0.15) is 0 Å². The summed E-state index contributed by atoms with van der Waals surface area (Å²) >= 11 is 0. The summed E-state index contributed by atoms with van der Waals surface area (Å²) in [7, 11) is 3.08. The van der Waals surface area contributed by atoms with Crippen molar-refractivity contribution in [3.63, 3.8) is 0 Å². The molecule has 0 rings (SSSR count). The van der Waals surface area contributed by atoms with Crippen molar-refractivity contribution in [3.8, 4) is 0 Å². The SMILES string of the molecule is CNC(=N[N+](=O)[O-])NC. The van der Waals surface area contributed by atoms with Crippen LogP contribution in [-0.4, -0.2) is 25.1 Å². The second-order valence-corrected chi connectivity index (χ2v) is 1.19. The van der Waals surface area contributed by atoms with E-state index in [1.54, 1.807) is 14.1 Å². The Kier molecular flexibility index (Phi) is 3.11. The molecule has 0 amide bonds. The maximum absolute atomic E-state index is 9.67. The molecule has 0 aliphatic carbocycles. The van der Waals surface area contributed by atoms with Crippen molar-refractivity contribution >= 4 is 5.96 Å². The Balaban J connectivity index is 3.91. The average Bonchev–Trinajstić information content (AvgIpc) is 1.82. The van der Waals surface area contributed by atoms with Gasteiger partial charge in [-0.2, -0.15) is 0 Å². The number of nitrogens with zero attached hydrogens (tertiary/aromatic N) is 2. The third-order valence-electron chi connectivity index (χ3n) is 0.655. The molecule has 0 aromatic rings. The van der Waals surface area contributed by atoms with E-state index in [1.165, 1.54) is 0 Å². The van der Waals surface area contributed by atoms with E-state index in [0.29, 0.717) is 0 Å². The van der Waals surface area contributed by atoms with Crippen molar-refractivity contribution in [2.24, 2.45) is 5.10 Å². The number of hydrogen-bond acceptors (Lipinski definition) is 2. The standard InChI is InChI=1S/C3H8N4O2/c1-4-3(5-2)6-7(8)9/h1-2H3,(H2,4,5,6). The molecule has 0 saturated carbocycles. The first-order chi connectivity index (χ1) is 4.20. The quantitative estimate of drug-likeness (QED) is 0.207. The first kappa shape index (κ1) is 7.67. The first-order valence-corrected chi connectivity index (χ1v) is 2.29. The van der Waals surface area contributed by atoms with E-state index < -0.39 is 5.03 Å². The molecular formula is C3H8N4O2. The van der Waals surface area contributed by atoms with Crippen LogP contribution in [0.4, 0.5) is 0 Å². The molecule has 52 valence electrons. The lowest BCUT2D eigenvalue weighted by Gasteiger charge is -1.95. The number of rotatable bonds is 1. The van der Waals surface area contributed by atoms with Crippen LogP contribution in [0.3, 0.4) is 0 Å². The van der Waals surface area contributed by atoms with Crippen molar-refractivity contribution in [2.45, 2.75) is 0 Å². The highest BCUT2D eigenvalue weighted by atomic mass is 16.7. The fraction of sp³-hybridized carbons (Fsp3) is 0.667. The summed E-state index contributed by atoms with van der Waals surface area (Å²) in [5.41, 5.74) is 0. The Morgan fingerprint density at radius 3 is 2.11 bits per heavy atom. The van der Waals surface area contributed by atoms with Crippen LogP contribution in [0, 0.1) is 10.1 Å². The zero-order valence-corrected chi connectivity index (χ0v) is 5.21. The van der Waals surface area contributed by atoms with Gasteiger partial charge in [-0.1, -0.05) is 0 Å². The summed E-state index contributed by atoms with van der Waals surface area (Å²) < 4.78 is 0. The monoisotopic (exact) mass is 132 g/mol. The third kappa shape index (κ3) is 3.27. The minimum Gasteiger partial charge on any atom is -0.354 e. The molecule has 2 N–H and O–H groups in total. The van der Waals surface area contributed by atoms with Gasteiger partial charge in [0.05, 0.1) is 0 Å². The van der Waals surface area contributed by atoms with Gasteiger partial charge < -0.3 is 10.6 Å². The Labute approximate surface area is 52.1 Å². The largest absolute Gasteiger partial charge is 0.354 e. The number of nitro groups is 1. The van der Waals surface area contributed by atoms with Crippen molar-refractivity contribution in [1.82, 2.24) is 10.6 Å². The van der Waals surface area contributed by atoms with Crippen molar-refractivity contribution in [2.75, 3.05) is 14.1 Å². The number of guanidine groups is 1. The summed E-state index contributed by atoms with van der Waals surface area (Å²) in [5, 5.41) is 16.8. The zero-order chi connectivity index (χ0) is 7.28. The van der Waals surface area contributed by atoms with E-state index in [1.807, 2.05) is 0 Å². The van der Waals surface area contributed by atoms with Crippen LogP contribution in [0.25, 0.3) is 0 Å². The van der Waals surface area contributed by atoms with Gasteiger partial charge in [0.15, 0.2) is 5.03 Å². The fourth-order valence-electron chi connectivity index (χ4n) is 0.307. The summed E-state index contributed by atoms with van der Waals surface area (Å²) in [6, 6.07) is 0. The van der Waals surface area contributed by atoms with Gasteiger partial charge in [-0.3, -0.25) is 0 Å². The smallest absolute Gasteiger partial charge is 0.268 e. The van der Waals surface area contributed by atoms with Gasteiger partial charge in [0.1, 0.15) is 5.10 Å². The summed E-state index contributed by atoms with van der Waals surface area (Å²) in [4.78, 5) is 9.67. The summed E-state index contributed by atoms with van der Waals surface area (Å²) in [6.07, 6.45) is 0. The molecule has 0 atom stereocenters. The van der Waals surface area contributed by atoms with Gasteiger partial charge in [-0.15, -0.1) is 0 Å². The molecule has 0 aromatic carbocycles. The van der Waals surface area contributed by atoms with Crippen LogP contribution < -0.4 is 10.6 Å². The average molecular weight is 132 g/mol. The van der Waals surface area contributed by atoms with E-state index in [2.05, 4.69) is 15.7 Å². The van der Waals surface area contributed by atoms with Gasteiger partial charge in [0, 0.05) is 14.1 Å². The molecule has 9 heavy (non-hydrogen) atoms. The van der Waals surface area contributed by atoms with Gasteiger partial charge >= 0.3 is 0 Å². The minimum absolute atomic E-state index is 0.139. The van der Waals surface area contributed by atoms with Crippen LogP contribution in [0.2, 0.25) is 0 Å². The zero-order valence-electron chi connectivity index (χ0n) is 5.21. The van der Waals surface area contributed by atoms with Gasteiger partial charge in [-0.25, -0.2) is 10.1 Å². The molecule has 6 nitrogen and oxygen atoms in total. The molecule has 6 heteroatoms. The predicted molar refractivity (Wildman–Crippen MR) is 32.5 cm³/mol. The Morgan fingerprint density at radius 2 is 2.00 bits per heavy atom. The van der Waals surface area contributed by atoms with E-state index >= 15 is 0 Å². The molecule has 0 radical (unpaired) electrons. The number of hydrazone groups is 1. The van der Waals surface area contributed by atoms with Crippen LogP contribution in [0.5, 0.6) is 0 Å². The summed E-state index contributed by atoms with van der Waals surface area (Å²) in [5.74, 6) is 0.139. The number of nitrogens with one attached hydrogen (secondary N) is 2. The van der Waals surface area contributed by atoms with Gasteiger partial charge in [-0.05, 0) is 0 Å². The molecule has 0 spiro atoms. The van der Waals surface area contributed by atoms with Crippen LogP contribution in [0.15, 0.2) is 5.10 Å². The lowest BCUT2D eigenvalue weighted by Crippen LogP contribution is -2.32. The molecule has 0 aliphatic heterocycles. The minimum atomic E-state index is -0.775. The molecular weight excluding hydrogens is 124 g/mol. The molecule has 0 unspecified atom stereocenters. The van der Waals surface area contributed by atoms with E-state index in [9.17, 15) is 10.1 Å². The van der Waals surface area contributed by atoms with E-state index in [0.717, 1.165) is 0 Å². The Morgan fingerprint density at radius 1 is 1.56 bits per heavy atom. The third-order valence-corrected chi connectivity index (χ3v) is 0.655. The molecule has 0 bridgehead atoms. The molecule has 0 saturated heterocycles. The van der Waals surface area contributed by atoms with Crippen LogP contribution >= 0.6 is 0 Å². The highest BCUT2D eigenvalue weighted by Gasteiger charge is 1.95. The normalized spacial score (nSPS) is 7.78. The first-order valence-electron chi connectivity index (χ1n) is 2.29. The van der Waals surface area contributed by atoms with E-state index in [4.69, 9.17) is 0 Å². The highest BCUT2D eigenvalue weighted by molar-refractivity contribution is 5.78. The lowest BCUT2D eigenvalue weighted by atomic mass is 10.9. The van der Waals surface area contributed by atoms with E-state index in [-0.39, 0.29) is 5.96 Å². The predicted octanol–water partition coefficient (Wildman–Crippen LogP) is -1.03. The number of hydrogen-bond donors (Lipinski definition) is 2. The molecule has 0 aliphatic rings. The van der Waals surface area contributed by atoms with Crippen molar-refractivity contribution < 1.29 is 5.03 Å². The highest BCUT2D eigenvalue weighted by Crippen LogP contribution is 1.68. The van der Waals surface area contributed by atoms with Gasteiger partial charge in [0.25, 0.3) is 5.96 Å². The molecule has 0 fully saturated rings. The van der Waals surface area contributed by atoms with Crippen molar-refractivity contribution in [3.05, 3.63) is 10.1 Å². The second-order valence-electron chi connectivity index (χ2n) is 1.19. The van der Waals surface area contributed by atoms with Crippen molar-refractivity contribution in [1.29, 1.82) is 0 Å². The maximum Gasteiger partial charge on any atom is 0.268 e. The maximum atomic E-state index is 9.67. The Bertz CT molecular complexity index is 126. The second kappa shape index (κ2) is 3.65. The summed E-state index contributed by atoms with van der Waals surface area (Å²) in [6.45, 7) is 0. The Hall–Kier alpha value is -1.33. The van der Waals surface area contributed by atoms with Gasteiger partial charge in [0.2, 0.25) is 0 Å². The topological polar surface area (TPSA) is 79.6 Å². The lowest BCUT2D eigenvalue weighted by molar-refractivity contribution is -0.485. The fourth-order valence-corrected chi connectivity index (χ4v) is 0.307. The molecule has 0 heterocycles. The van der Waals surface area contributed by atoms with Crippen LogP contribution in [-0.2, 0) is 0 Å². The molecule has 0 aromatic heterocycles.